The van der Waals surface area contributed by atoms with Crippen molar-refractivity contribution in [3.05, 3.63) is 22.0 Å². The van der Waals surface area contributed by atoms with Crippen molar-refractivity contribution in [2.75, 3.05) is 17.3 Å². The largest absolute Gasteiger partial charge is 0.416 e. The summed E-state index contributed by atoms with van der Waals surface area (Å²) in [5.41, 5.74) is 0.873. The molecule has 3 rings (SSSR count). The number of hydrogen-bond donors (Lipinski definition) is 1. The molecular weight excluding hydrogens is 372 g/mol. The number of carbonyl (C=O) groups is 1. The van der Waals surface area contributed by atoms with E-state index >= 15 is 0 Å². The van der Waals surface area contributed by atoms with Crippen molar-refractivity contribution in [3.63, 3.8) is 0 Å². The van der Waals surface area contributed by atoms with Crippen LogP contribution in [-0.2, 0) is 21.1 Å². The first-order valence-electron chi connectivity index (χ1n) is 7.25. The number of rotatable bonds is 6. The lowest BCUT2D eigenvalue weighted by molar-refractivity contribution is -0.119. The maximum atomic E-state index is 11.9. The summed E-state index contributed by atoms with van der Waals surface area (Å²) < 4.78 is 28.2. The molecule has 1 amide bonds. The second-order valence-corrected chi connectivity index (χ2v) is 9.67. The molecule has 1 aliphatic heterocycles. The predicted octanol–water partition coefficient (Wildman–Crippen LogP) is 0.821. The molecule has 0 bridgehead atoms. The lowest BCUT2D eigenvalue weighted by Crippen LogP contribution is -2.36. The van der Waals surface area contributed by atoms with Gasteiger partial charge in [-0.05, 0) is 13.3 Å². The lowest BCUT2D eigenvalue weighted by atomic mass is 10.3. The Balaban J connectivity index is 1.46. The van der Waals surface area contributed by atoms with Gasteiger partial charge in [0.25, 0.3) is 5.22 Å². The van der Waals surface area contributed by atoms with Gasteiger partial charge in [-0.15, -0.1) is 21.5 Å². The first-order chi connectivity index (χ1) is 11.4. The Morgan fingerprint density at radius 1 is 1.50 bits per heavy atom. The monoisotopic (exact) mass is 388 g/mol. The number of aromatic nitrogens is 3. The van der Waals surface area contributed by atoms with Crippen LogP contribution in [0.1, 0.15) is 23.0 Å². The van der Waals surface area contributed by atoms with E-state index in [-0.39, 0.29) is 29.2 Å². The molecule has 0 spiro atoms. The van der Waals surface area contributed by atoms with Gasteiger partial charge in [-0.1, -0.05) is 11.8 Å². The summed E-state index contributed by atoms with van der Waals surface area (Å²) >= 11 is 2.69. The molecule has 1 N–H and O–H groups in total. The Bertz CT molecular complexity index is 830. The predicted molar refractivity (Wildman–Crippen MR) is 89.9 cm³/mol. The highest BCUT2D eigenvalue weighted by Crippen LogP contribution is 2.19. The summed E-state index contributed by atoms with van der Waals surface area (Å²) in [5, 5.41) is 13.8. The molecule has 1 unspecified atom stereocenters. The molecule has 11 heteroatoms. The van der Waals surface area contributed by atoms with E-state index in [1.165, 1.54) is 0 Å². The fourth-order valence-corrected chi connectivity index (χ4v) is 5.20. The molecule has 0 saturated carbocycles. The van der Waals surface area contributed by atoms with E-state index < -0.39 is 9.84 Å². The summed E-state index contributed by atoms with van der Waals surface area (Å²) in [6.45, 7) is 1.93. The van der Waals surface area contributed by atoms with Gasteiger partial charge in [0.05, 0.1) is 34.4 Å². The van der Waals surface area contributed by atoms with Crippen molar-refractivity contribution in [1.82, 2.24) is 20.5 Å². The highest BCUT2D eigenvalue weighted by molar-refractivity contribution is 7.99. The number of nitrogens with one attached hydrogen (secondary N) is 1. The van der Waals surface area contributed by atoms with Crippen LogP contribution in [0.2, 0.25) is 0 Å². The molecule has 8 nitrogen and oxygen atoms in total. The van der Waals surface area contributed by atoms with Gasteiger partial charge >= 0.3 is 0 Å². The zero-order valence-electron chi connectivity index (χ0n) is 12.9. The normalized spacial score (nSPS) is 19.5. The minimum absolute atomic E-state index is 0.0150. The van der Waals surface area contributed by atoms with Crippen LogP contribution in [0, 0.1) is 6.92 Å². The molecule has 0 radical (unpaired) electrons. The molecule has 2 aromatic heterocycles. The van der Waals surface area contributed by atoms with Gasteiger partial charge in [-0.2, -0.15) is 0 Å². The van der Waals surface area contributed by atoms with Gasteiger partial charge in [-0.25, -0.2) is 13.4 Å². The van der Waals surface area contributed by atoms with Gasteiger partial charge < -0.3 is 9.73 Å². The molecule has 1 fully saturated rings. The van der Waals surface area contributed by atoms with Crippen LogP contribution in [0.5, 0.6) is 0 Å². The number of sulfone groups is 1. The van der Waals surface area contributed by atoms with Crippen molar-refractivity contribution in [1.29, 1.82) is 0 Å². The zero-order chi connectivity index (χ0) is 17.2. The molecule has 0 aliphatic carbocycles. The molecule has 1 aliphatic rings. The Morgan fingerprint density at radius 3 is 3.00 bits per heavy atom. The Labute approximate surface area is 147 Å². The first-order valence-corrected chi connectivity index (χ1v) is 10.9. The number of hydrogen-bond acceptors (Lipinski definition) is 9. The van der Waals surface area contributed by atoms with Crippen LogP contribution in [0.25, 0.3) is 0 Å². The van der Waals surface area contributed by atoms with Gasteiger partial charge in [-0.3, -0.25) is 4.79 Å². The van der Waals surface area contributed by atoms with E-state index in [0.717, 1.165) is 22.5 Å². The standard InChI is InChI=1S/C13H16N4O4S3/c1-8-14-10(5-22-8)4-12-16-17-13(21-12)23-6-11(18)15-9-2-3-24(19,20)7-9/h5,9H,2-4,6-7H2,1H3,(H,15,18). The minimum atomic E-state index is -3.00. The smallest absolute Gasteiger partial charge is 0.277 e. The molecule has 1 saturated heterocycles. The Kier molecular flexibility index (Phi) is 5.21. The van der Waals surface area contributed by atoms with E-state index in [1.807, 2.05) is 12.3 Å². The van der Waals surface area contributed by atoms with Gasteiger partial charge in [0.15, 0.2) is 9.84 Å². The van der Waals surface area contributed by atoms with E-state index in [4.69, 9.17) is 4.42 Å². The van der Waals surface area contributed by atoms with Crippen LogP contribution in [0.4, 0.5) is 0 Å². The summed E-state index contributed by atoms with van der Waals surface area (Å²) in [7, 11) is -3.00. The molecule has 3 heterocycles. The third-order valence-corrected chi connectivity index (χ3v) is 6.78. The number of thioether (sulfide) groups is 1. The summed E-state index contributed by atoms with van der Waals surface area (Å²) in [5.74, 6) is 0.464. The average molecular weight is 388 g/mol. The highest BCUT2D eigenvalue weighted by Gasteiger charge is 2.28. The molecule has 1 atom stereocenters. The van der Waals surface area contributed by atoms with Gasteiger partial charge in [0.1, 0.15) is 0 Å². The molecule has 130 valence electrons. The summed E-state index contributed by atoms with van der Waals surface area (Å²) in [6, 6.07) is -0.297. The van der Waals surface area contributed by atoms with Crippen molar-refractivity contribution in [3.8, 4) is 0 Å². The van der Waals surface area contributed by atoms with Crippen molar-refractivity contribution >= 4 is 38.8 Å². The number of amides is 1. The SMILES string of the molecule is Cc1nc(Cc2nnc(SCC(=O)NC3CCS(=O)(=O)C3)o2)cs1. The number of nitrogens with zero attached hydrogens (tertiary/aromatic N) is 3. The number of thiazole rings is 1. The third kappa shape index (κ3) is 4.77. The van der Waals surface area contributed by atoms with Gasteiger partial charge in [0.2, 0.25) is 11.8 Å². The molecule has 2 aromatic rings. The Hall–Kier alpha value is -1.46. The quantitative estimate of drug-likeness (QED) is 0.723. The van der Waals surface area contributed by atoms with Gasteiger partial charge in [0, 0.05) is 11.4 Å². The molecule has 0 aromatic carbocycles. The van der Waals surface area contributed by atoms with E-state index in [9.17, 15) is 13.2 Å². The van der Waals surface area contributed by atoms with E-state index in [2.05, 4.69) is 20.5 Å². The maximum Gasteiger partial charge on any atom is 0.277 e. The third-order valence-electron chi connectivity index (χ3n) is 3.37. The lowest BCUT2D eigenvalue weighted by Gasteiger charge is -2.09. The average Bonchev–Trinajstić information content (AvgIpc) is 3.19. The van der Waals surface area contributed by atoms with Crippen molar-refractivity contribution in [2.45, 2.75) is 31.0 Å². The summed E-state index contributed by atoms with van der Waals surface area (Å²) in [6.07, 6.45) is 0.931. The van der Waals surface area contributed by atoms with Crippen molar-refractivity contribution in [2.24, 2.45) is 0 Å². The van der Waals surface area contributed by atoms with Crippen LogP contribution in [0.3, 0.4) is 0 Å². The number of carbonyl (C=O) groups excluding carboxylic acids is 1. The van der Waals surface area contributed by atoms with Crippen LogP contribution in [0.15, 0.2) is 15.0 Å². The fraction of sp³-hybridized carbons (Fsp3) is 0.538. The van der Waals surface area contributed by atoms with Crippen LogP contribution in [-0.4, -0.2) is 52.8 Å². The molecule has 24 heavy (non-hydrogen) atoms. The molecular formula is C13H16N4O4S3. The zero-order valence-corrected chi connectivity index (χ0v) is 15.3. The highest BCUT2D eigenvalue weighted by atomic mass is 32.2. The topological polar surface area (TPSA) is 115 Å². The second kappa shape index (κ2) is 7.19. The first kappa shape index (κ1) is 17.4. The maximum absolute atomic E-state index is 11.9. The minimum Gasteiger partial charge on any atom is -0.416 e. The second-order valence-electron chi connectivity index (χ2n) is 5.45. The summed E-state index contributed by atoms with van der Waals surface area (Å²) in [4.78, 5) is 16.2. The van der Waals surface area contributed by atoms with E-state index in [0.29, 0.717) is 24.0 Å². The fourth-order valence-electron chi connectivity index (χ4n) is 2.32. The van der Waals surface area contributed by atoms with Crippen LogP contribution >= 0.6 is 23.1 Å². The van der Waals surface area contributed by atoms with Crippen LogP contribution < -0.4 is 5.32 Å². The van der Waals surface area contributed by atoms with E-state index in [1.54, 1.807) is 11.3 Å². The number of aryl methyl sites for hydroxylation is 1. The van der Waals surface area contributed by atoms with Crippen molar-refractivity contribution < 1.29 is 17.6 Å². The Morgan fingerprint density at radius 2 is 2.33 bits per heavy atom.